The predicted octanol–water partition coefficient (Wildman–Crippen LogP) is 1.81. The minimum Gasteiger partial charge on any atom is -0.379 e. The van der Waals surface area contributed by atoms with Crippen molar-refractivity contribution >= 4 is 5.78 Å². The summed E-state index contributed by atoms with van der Waals surface area (Å²) in [4.78, 5) is 15.7. The number of hydrogen-bond donors (Lipinski definition) is 0. The van der Waals surface area contributed by atoms with Crippen LogP contribution in [0.5, 0.6) is 0 Å². The summed E-state index contributed by atoms with van der Waals surface area (Å²) in [7, 11) is 3.51. The third kappa shape index (κ3) is 3.47. The predicted molar refractivity (Wildman–Crippen MR) is 57.9 cm³/mol. The van der Waals surface area contributed by atoms with Gasteiger partial charge in [0.15, 0.2) is 5.78 Å². The van der Waals surface area contributed by atoms with Gasteiger partial charge in [-0.1, -0.05) is 0 Å². The monoisotopic (exact) mass is 210 g/mol. The van der Waals surface area contributed by atoms with Gasteiger partial charge in [-0.25, -0.2) is 4.98 Å². The average Bonchev–Trinajstić information content (AvgIpc) is 2.61. The van der Waals surface area contributed by atoms with Gasteiger partial charge in [-0.05, 0) is 20.3 Å². The molecule has 84 valence electrons. The van der Waals surface area contributed by atoms with Gasteiger partial charge in [0, 0.05) is 26.8 Å². The molecule has 4 heteroatoms. The second-order valence-corrected chi connectivity index (χ2v) is 4.31. The smallest absolute Gasteiger partial charge is 0.182 e. The highest BCUT2D eigenvalue weighted by atomic mass is 16.5. The Hall–Kier alpha value is -1.16. The van der Waals surface area contributed by atoms with Crippen molar-refractivity contribution < 1.29 is 9.53 Å². The van der Waals surface area contributed by atoms with Crippen molar-refractivity contribution in [3.05, 3.63) is 18.2 Å². The fourth-order valence-electron chi connectivity index (χ4n) is 1.20. The molecular weight excluding hydrogens is 192 g/mol. The summed E-state index contributed by atoms with van der Waals surface area (Å²) in [6.45, 7) is 3.94. The number of carbonyl (C=O) groups is 1. The van der Waals surface area contributed by atoms with Crippen LogP contribution in [0.3, 0.4) is 0 Å². The molecule has 0 aliphatic heterocycles. The van der Waals surface area contributed by atoms with Crippen molar-refractivity contribution in [1.82, 2.24) is 9.55 Å². The molecule has 0 aliphatic carbocycles. The van der Waals surface area contributed by atoms with E-state index in [9.17, 15) is 4.79 Å². The molecule has 0 saturated heterocycles. The Morgan fingerprint density at radius 3 is 2.73 bits per heavy atom. The highest BCUT2D eigenvalue weighted by Gasteiger charge is 2.19. The summed E-state index contributed by atoms with van der Waals surface area (Å²) in [5.74, 6) is 0.0701. The van der Waals surface area contributed by atoms with E-state index in [1.165, 1.54) is 0 Å². The van der Waals surface area contributed by atoms with Gasteiger partial charge in [-0.2, -0.15) is 0 Å². The number of nitrogens with zero attached hydrogens (tertiary/aromatic N) is 2. The third-order valence-corrected chi connectivity index (χ3v) is 2.50. The number of ketones is 1. The molecule has 1 aromatic rings. The molecule has 4 nitrogen and oxygen atoms in total. The van der Waals surface area contributed by atoms with Gasteiger partial charge >= 0.3 is 0 Å². The molecule has 0 aromatic carbocycles. The molecule has 1 aromatic heterocycles. The highest BCUT2D eigenvalue weighted by molar-refractivity contribution is 5.94. The summed E-state index contributed by atoms with van der Waals surface area (Å²) in [6.07, 6.45) is 4.55. The minimum atomic E-state index is -0.246. The quantitative estimate of drug-likeness (QED) is 0.696. The first-order valence-corrected chi connectivity index (χ1v) is 5.01. The standard InChI is InChI=1S/C11H18N2O2/c1-11(2,15-4)6-5-10(14)9-7-13(3)8-12-9/h7-8H,5-6H2,1-4H3. The van der Waals surface area contributed by atoms with E-state index in [-0.39, 0.29) is 11.4 Å². The summed E-state index contributed by atoms with van der Waals surface area (Å²) >= 11 is 0. The Labute approximate surface area is 90.3 Å². The Kier molecular flexibility index (Phi) is 3.63. The Balaban J connectivity index is 2.50. The van der Waals surface area contributed by atoms with Crippen molar-refractivity contribution in [2.24, 2.45) is 7.05 Å². The van der Waals surface area contributed by atoms with Crippen LogP contribution in [0.15, 0.2) is 12.5 Å². The van der Waals surface area contributed by atoms with E-state index in [0.29, 0.717) is 18.5 Å². The molecule has 0 unspecified atom stereocenters. The summed E-state index contributed by atoms with van der Waals surface area (Å²) < 4.78 is 7.02. The molecule has 1 heterocycles. The zero-order valence-corrected chi connectivity index (χ0v) is 9.78. The van der Waals surface area contributed by atoms with E-state index in [4.69, 9.17) is 4.74 Å². The zero-order chi connectivity index (χ0) is 11.5. The minimum absolute atomic E-state index is 0.0701. The van der Waals surface area contributed by atoms with Crippen molar-refractivity contribution in [2.45, 2.75) is 32.3 Å². The highest BCUT2D eigenvalue weighted by Crippen LogP contribution is 2.16. The molecule has 0 radical (unpaired) electrons. The topological polar surface area (TPSA) is 44.1 Å². The zero-order valence-electron chi connectivity index (χ0n) is 9.78. The first-order chi connectivity index (χ1) is 6.94. The fraction of sp³-hybridized carbons (Fsp3) is 0.636. The van der Waals surface area contributed by atoms with Crippen molar-refractivity contribution in [3.63, 3.8) is 0 Å². The Bertz CT molecular complexity index is 342. The van der Waals surface area contributed by atoms with Crippen LogP contribution in [0.25, 0.3) is 0 Å². The maximum absolute atomic E-state index is 11.7. The fourth-order valence-corrected chi connectivity index (χ4v) is 1.20. The maximum Gasteiger partial charge on any atom is 0.182 e. The van der Waals surface area contributed by atoms with Crippen LogP contribution in [-0.4, -0.2) is 28.0 Å². The number of Topliss-reactive ketones (excluding diaryl/α,β-unsaturated/α-hetero) is 1. The molecule has 0 amide bonds. The third-order valence-electron chi connectivity index (χ3n) is 2.50. The number of ether oxygens (including phenoxy) is 1. The maximum atomic E-state index is 11.7. The van der Waals surface area contributed by atoms with Crippen LogP contribution in [0, 0.1) is 0 Å². The van der Waals surface area contributed by atoms with Gasteiger partial charge in [0.2, 0.25) is 0 Å². The lowest BCUT2D eigenvalue weighted by Crippen LogP contribution is -2.23. The molecule has 0 fully saturated rings. The van der Waals surface area contributed by atoms with Crippen molar-refractivity contribution in [3.8, 4) is 0 Å². The second kappa shape index (κ2) is 4.57. The van der Waals surface area contributed by atoms with Gasteiger partial charge in [0.25, 0.3) is 0 Å². The molecule has 1 rings (SSSR count). The molecule has 0 N–H and O–H groups in total. The summed E-state index contributed by atoms with van der Waals surface area (Å²) in [6, 6.07) is 0. The summed E-state index contributed by atoms with van der Waals surface area (Å²) in [5.41, 5.74) is 0.286. The van der Waals surface area contributed by atoms with Crippen molar-refractivity contribution in [1.29, 1.82) is 0 Å². The van der Waals surface area contributed by atoms with Gasteiger partial charge < -0.3 is 9.30 Å². The van der Waals surface area contributed by atoms with Crippen LogP contribution >= 0.6 is 0 Å². The lowest BCUT2D eigenvalue weighted by Gasteiger charge is -2.21. The van der Waals surface area contributed by atoms with E-state index in [1.807, 2.05) is 20.9 Å². The molecule has 0 bridgehead atoms. The van der Waals surface area contributed by atoms with Crippen LogP contribution < -0.4 is 0 Å². The van der Waals surface area contributed by atoms with E-state index >= 15 is 0 Å². The SMILES string of the molecule is COC(C)(C)CCC(=O)c1cn(C)cn1. The van der Waals surface area contributed by atoms with Crippen LogP contribution in [0.2, 0.25) is 0 Å². The second-order valence-electron chi connectivity index (χ2n) is 4.31. The van der Waals surface area contributed by atoms with Gasteiger partial charge in [0.1, 0.15) is 5.69 Å². The normalized spacial score (nSPS) is 11.7. The van der Waals surface area contributed by atoms with Crippen LogP contribution in [-0.2, 0) is 11.8 Å². The largest absolute Gasteiger partial charge is 0.379 e. The molecule has 0 saturated carbocycles. The van der Waals surface area contributed by atoms with Crippen LogP contribution in [0.1, 0.15) is 37.2 Å². The lowest BCUT2D eigenvalue weighted by molar-refractivity contribution is 0.0141. The van der Waals surface area contributed by atoms with Gasteiger partial charge in [0.05, 0.1) is 11.9 Å². The number of carbonyl (C=O) groups excluding carboxylic acids is 1. The molecule has 0 atom stereocenters. The molecule has 0 spiro atoms. The number of imidazole rings is 1. The lowest BCUT2D eigenvalue weighted by atomic mass is 10.00. The number of hydrogen-bond acceptors (Lipinski definition) is 3. The first-order valence-electron chi connectivity index (χ1n) is 5.01. The molecule has 15 heavy (non-hydrogen) atoms. The van der Waals surface area contributed by atoms with Crippen LogP contribution in [0.4, 0.5) is 0 Å². The van der Waals surface area contributed by atoms with E-state index in [2.05, 4.69) is 4.98 Å². The van der Waals surface area contributed by atoms with Crippen molar-refractivity contribution in [2.75, 3.05) is 7.11 Å². The Morgan fingerprint density at radius 2 is 2.27 bits per heavy atom. The number of aromatic nitrogens is 2. The summed E-state index contributed by atoms with van der Waals surface area (Å²) in [5, 5.41) is 0. The number of methoxy groups -OCH3 is 1. The number of aryl methyl sites for hydroxylation is 1. The van der Waals surface area contributed by atoms with E-state index in [0.717, 1.165) is 0 Å². The average molecular weight is 210 g/mol. The molecule has 0 aliphatic rings. The van der Waals surface area contributed by atoms with Gasteiger partial charge in [-0.3, -0.25) is 4.79 Å². The Morgan fingerprint density at radius 1 is 1.60 bits per heavy atom. The van der Waals surface area contributed by atoms with E-state index < -0.39 is 0 Å². The van der Waals surface area contributed by atoms with Gasteiger partial charge in [-0.15, -0.1) is 0 Å². The first kappa shape index (κ1) is 11.9. The van der Waals surface area contributed by atoms with E-state index in [1.54, 1.807) is 24.2 Å². The molecular formula is C11H18N2O2. The number of rotatable bonds is 5.